The smallest absolute Gasteiger partial charge is 0.218 e. The second-order valence-corrected chi connectivity index (χ2v) is 5.76. The van der Waals surface area contributed by atoms with Crippen LogP contribution in [0.5, 0.6) is 5.75 Å². The van der Waals surface area contributed by atoms with E-state index >= 15 is 0 Å². The molecular weight excluding hydrogens is 294 g/mol. The molecule has 24 heavy (non-hydrogen) atoms. The Morgan fingerprint density at radius 1 is 0.750 bits per heavy atom. The van der Waals surface area contributed by atoms with E-state index in [0.29, 0.717) is 0 Å². The van der Waals surface area contributed by atoms with Crippen LogP contribution in [0, 0.1) is 0 Å². The molecule has 0 atom stereocenters. The Kier molecular flexibility index (Phi) is 3.72. The molecule has 0 aliphatic heterocycles. The van der Waals surface area contributed by atoms with Crippen LogP contribution in [-0.4, -0.2) is 7.11 Å². The molecule has 2 heteroatoms. The fourth-order valence-corrected chi connectivity index (χ4v) is 2.90. The highest BCUT2D eigenvalue weighted by Crippen LogP contribution is 2.15. The Labute approximate surface area is 141 Å². The Balaban J connectivity index is 1.73. The predicted molar refractivity (Wildman–Crippen MR) is 99.0 cm³/mol. The van der Waals surface area contributed by atoms with Gasteiger partial charge in [-0.05, 0) is 42.0 Å². The first-order valence-electron chi connectivity index (χ1n) is 7.99. The fourth-order valence-electron chi connectivity index (χ4n) is 2.90. The highest BCUT2D eigenvalue weighted by molar-refractivity contribution is 5.77. The van der Waals surface area contributed by atoms with E-state index in [-0.39, 0.29) is 0 Å². The minimum absolute atomic E-state index is 0.875. The molecule has 0 radical (unpaired) electrons. The lowest BCUT2D eigenvalue weighted by Crippen LogP contribution is -2.22. The minimum atomic E-state index is 0.875. The second-order valence-electron chi connectivity index (χ2n) is 5.76. The summed E-state index contributed by atoms with van der Waals surface area (Å²) in [5.74, 6) is 0.875. The van der Waals surface area contributed by atoms with Crippen LogP contribution in [0.2, 0.25) is 0 Å². The average molecular weight is 312 g/mol. The number of benzene rings is 2. The van der Waals surface area contributed by atoms with Crippen LogP contribution < -0.4 is 9.14 Å². The van der Waals surface area contributed by atoms with Gasteiger partial charge < -0.3 is 4.74 Å². The molecule has 2 aromatic heterocycles. The number of para-hydroxylation sites is 1. The molecule has 0 amide bonds. The molecule has 0 aliphatic rings. The topological polar surface area (TPSA) is 13.3 Å². The van der Waals surface area contributed by atoms with Crippen molar-refractivity contribution < 1.29 is 9.14 Å². The van der Waals surface area contributed by atoms with E-state index in [9.17, 15) is 0 Å². The van der Waals surface area contributed by atoms with Crippen molar-refractivity contribution in [2.75, 3.05) is 7.11 Å². The van der Waals surface area contributed by atoms with Gasteiger partial charge >= 0.3 is 0 Å². The lowest BCUT2D eigenvalue weighted by atomic mass is 10.1. The molecule has 0 unspecified atom stereocenters. The van der Waals surface area contributed by atoms with Crippen LogP contribution in [0.25, 0.3) is 28.6 Å². The number of hydrogen-bond acceptors (Lipinski definition) is 1. The maximum Gasteiger partial charge on any atom is 0.218 e. The van der Waals surface area contributed by atoms with E-state index < -0.39 is 0 Å². The quantitative estimate of drug-likeness (QED) is 0.393. The van der Waals surface area contributed by atoms with Gasteiger partial charge in [-0.15, -0.1) is 0 Å². The monoisotopic (exact) mass is 312 g/mol. The van der Waals surface area contributed by atoms with Gasteiger partial charge in [0.05, 0.1) is 7.11 Å². The van der Waals surface area contributed by atoms with Gasteiger partial charge in [-0.2, -0.15) is 4.40 Å². The molecule has 0 N–H and O–H groups in total. The summed E-state index contributed by atoms with van der Waals surface area (Å²) >= 11 is 0. The van der Waals surface area contributed by atoms with E-state index in [1.54, 1.807) is 7.11 Å². The van der Waals surface area contributed by atoms with Crippen molar-refractivity contribution in [3.05, 3.63) is 90.1 Å². The van der Waals surface area contributed by atoms with Gasteiger partial charge in [0.2, 0.25) is 11.0 Å². The number of pyridine rings is 2. The zero-order valence-corrected chi connectivity index (χ0v) is 13.5. The van der Waals surface area contributed by atoms with Crippen molar-refractivity contribution in [3.8, 4) is 5.75 Å². The first kappa shape index (κ1) is 14.5. The molecule has 0 bridgehead atoms. The van der Waals surface area contributed by atoms with Crippen molar-refractivity contribution in [1.82, 2.24) is 0 Å². The average Bonchev–Trinajstić information content (AvgIpc) is 2.66. The van der Waals surface area contributed by atoms with E-state index in [0.717, 1.165) is 11.3 Å². The van der Waals surface area contributed by atoms with E-state index in [1.807, 2.05) is 12.1 Å². The molecule has 4 aromatic rings. The van der Waals surface area contributed by atoms with Crippen molar-refractivity contribution in [1.29, 1.82) is 0 Å². The van der Waals surface area contributed by atoms with Gasteiger partial charge in [-0.3, -0.25) is 0 Å². The molecule has 2 nitrogen and oxygen atoms in total. The first-order valence-corrected chi connectivity index (χ1v) is 7.99. The van der Waals surface area contributed by atoms with E-state index in [1.165, 1.54) is 22.0 Å². The summed E-state index contributed by atoms with van der Waals surface area (Å²) in [5.41, 5.74) is 4.73. The fraction of sp³-hybridized carbons (Fsp3) is 0.0455. The van der Waals surface area contributed by atoms with Gasteiger partial charge in [-0.1, -0.05) is 30.3 Å². The van der Waals surface area contributed by atoms with Crippen LogP contribution in [0.1, 0.15) is 11.1 Å². The summed E-state index contributed by atoms with van der Waals surface area (Å²) < 4.78 is 7.43. The normalized spacial score (nSPS) is 11.4. The van der Waals surface area contributed by atoms with Gasteiger partial charge in [0.25, 0.3) is 0 Å². The summed E-state index contributed by atoms with van der Waals surface area (Å²) in [6, 6.07) is 25.1. The second kappa shape index (κ2) is 6.17. The van der Waals surface area contributed by atoms with Crippen LogP contribution >= 0.6 is 0 Å². The predicted octanol–water partition coefficient (Wildman–Crippen LogP) is 4.76. The highest BCUT2D eigenvalue weighted by Gasteiger charge is 2.08. The molecule has 116 valence electrons. The summed E-state index contributed by atoms with van der Waals surface area (Å²) in [7, 11) is 1.68. The van der Waals surface area contributed by atoms with Gasteiger partial charge in [0.1, 0.15) is 5.75 Å². The SMILES string of the molecule is COc1ccc(/C=C/c2ccc3ccc4ccccc4[n+]3c2)cc1. The minimum Gasteiger partial charge on any atom is -0.497 e. The van der Waals surface area contributed by atoms with Gasteiger partial charge in [-0.25, -0.2) is 0 Å². The molecule has 4 rings (SSSR count). The number of hydrogen-bond donors (Lipinski definition) is 0. The lowest BCUT2D eigenvalue weighted by Gasteiger charge is -2.00. The van der Waals surface area contributed by atoms with Crippen LogP contribution in [0.4, 0.5) is 0 Å². The number of nitrogens with zero attached hydrogens (tertiary/aromatic N) is 1. The Morgan fingerprint density at radius 2 is 1.46 bits per heavy atom. The zero-order chi connectivity index (χ0) is 16.4. The molecule has 0 saturated heterocycles. The Bertz CT molecular complexity index is 1030. The largest absolute Gasteiger partial charge is 0.497 e. The van der Waals surface area contributed by atoms with Gasteiger partial charge in [0.15, 0.2) is 6.20 Å². The summed E-state index contributed by atoms with van der Waals surface area (Å²) in [5, 5.41) is 1.24. The number of ether oxygens (including phenoxy) is 1. The standard InChI is InChI=1S/C22H18NO/c1-24-21-14-9-17(10-15-21)6-7-18-8-12-20-13-11-19-4-2-3-5-22(19)23(20)16-18/h2-16H,1H3/q+1/b7-6+. The third-order valence-electron chi connectivity index (χ3n) is 4.22. The van der Waals surface area contributed by atoms with Crippen molar-refractivity contribution >= 4 is 28.6 Å². The summed E-state index contributed by atoms with van der Waals surface area (Å²) in [4.78, 5) is 0. The van der Waals surface area contributed by atoms with Crippen LogP contribution in [0.3, 0.4) is 0 Å². The van der Waals surface area contributed by atoms with Gasteiger partial charge in [0, 0.05) is 29.1 Å². The maximum absolute atomic E-state index is 5.19. The van der Waals surface area contributed by atoms with Crippen molar-refractivity contribution in [3.63, 3.8) is 0 Å². The summed E-state index contributed by atoms with van der Waals surface area (Å²) in [6.07, 6.45) is 6.43. The maximum atomic E-state index is 5.19. The van der Waals surface area contributed by atoms with E-state index in [4.69, 9.17) is 4.74 Å². The molecule has 0 fully saturated rings. The Morgan fingerprint density at radius 3 is 2.29 bits per heavy atom. The zero-order valence-electron chi connectivity index (χ0n) is 13.5. The molecule has 0 spiro atoms. The highest BCUT2D eigenvalue weighted by atomic mass is 16.5. The summed E-state index contributed by atoms with van der Waals surface area (Å²) in [6.45, 7) is 0. The molecule has 2 heterocycles. The number of fused-ring (bicyclic) bond motifs is 3. The molecule has 0 saturated carbocycles. The molecular formula is C22H18NO+. The third-order valence-corrected chi connectivity index (χ3v) is 4.22. The van der Waals surface area contributed by atoms with Crippen LogP contribution in [-0.2, 0) is 0 Å². The number of methoxy groups -OCH3 is 1. The first-order chi connectivity index (χ1) is 11.8. The van der Waals surface area contributed by atoms with Crippen LogP contribution in [0.15, 0.2) is 79.0 Å². The molecule has 0 aliphatic carbocycles. The Hall–Kier alpha value is -3.13. The number of aromatic nitrogens is 1. The lowest BCUT2D eigenvalue weighted by molar-refractivity contribution is -0.481. The third kappa shape index (κ3) is 2.74. The number of rotatable bonds is 3. The van der Waals surface area contributed by atoms with Crippen molar-refractivity contribution in [2.24, 2.45) is 0 Å². The molecule has 2 aromatic carbocycles. The van der Waals surface area contributed by atoms with E-state index in [2.05, 4.69) is 83.4 Å². The van der Waals surface area contributed by atoms with Crippen molar-refractivity contribution in [2.45, 2.75) is 0 Å².